The molecule has 0 amide bonds. The van der Waals surface area contributed by atoms with Crippen LogP contribution < -0.4 is 5.73 Å². The molecule has 0 saturated carbocycles. The highest BCUT2D eigenvalue weighted by atomic mass is 16.5. The van der Waals surface area contributed by atoms with Crippen LogP contribution in [-0.2, 0) is 10.2 Å². The average molecular weight is 273 g/mol. The molecule has 0 aliphatic rings. The van der Waals surface area contributed by atoms with Gasteiger partial charge in [-0.3, -0.25) is 0 Å². The lowest BCUT2D eigenvalue weighted by Gasteiger charge is -2.19. The van der Waals surface area contributed by atoms with Gasteiger partial charge < -0.3 is 10.5 Å². The lowest BCUT2D eigenvalue weighted by Crippen LogP contribution is -2.11. The van der Waals surface area contributed by atoms with Crippen molar-refractivity contribution in [2.75, 3.05) is 12.8 Å². The minimum absolute atomic E-state index is 0.0887. The van der Waals surface area contributed by atoms with Gasteiger partial charge in [-0.05, 0) is 23.1 Å². The number of hydrogen-bond acceptors (Lipinski definition) is 4. The van der Waals surface area contributed by atoms with Gasteiger partial charge in [0.2, 0.25) is 0 Å². The fraction of sp³-hybridized carbons (Fsp3) is 0.333. The largest absolute Gasteiger partial charge is 0.464 e. The smallest absolute Gasteiger partial charge is 0.358 e. The number of rotatable bonds is 2. The van der Waals surface area contributed by atoms with Crippen LogP contribution >= 0.6 is 0 Å². The summed E-state index contributed by atoms with van der Waals surface area (Å²) in [5.41, 5.74) is 8.20. The van der Waals surface area contributed by atoms with Crippen molar-refractivity contribution in [3.05, 3.63) is 41.6 Å². The van der Waals surface area contributed by atoms with E-state index in [1.54, 1.807) is 0 Å². The molecule has 0 unspecified atom stereocenters. The molecule has 1 heterocycles. The second-order valence-electron chi connectivity index (χ2n) is 5.65. The summed E-state index contributed by atoms with van der Waals surface area (Å²) in [6, 6.07) is 9.45. The van der Waals surface area contributed by atoms with Crippen molar-refractivity contribution in [1.82, 2.24) is 9.78 Å². The van der Waals surface area contributed by atoms with Gasteiger partial charge in [0.15, 0.2) is 5.69 Å². The van der Waals surface area contributed by atoms with E-state index in [1.807, 2.05) is 24.3 Å². The fourth-order valence-electron chi connectivity index (χ4n) is 1.91. The number of ether oxygens (including phenoxy) is 1. The number of anilines is 1. The molecule has 1 aromatic carbocycles. The number of aromatic nitrogens is 2. The van der Waals surface area contributed by atoms with E-state index in [9.17, 15) is 4.79 Å². The predicted molar refractivity (Wildman–Crippen MR) is 78.0 cm³/mol. The van der Waals surface area contributed by atoms with Crippen LogP contribution in [0.2, 0.25) is 0 Å². The Hall–Kier alpha value is -2.30. The van der Waals surface area contributed by atoms with Crippen LogP contribution in [0.4, 0.5) is 5.82 Å². The molecule has 2 N–H and O–H groups in total. The van der Waals surface area contributed by atoms with Crippen LogP contribution in [0, 0.1) is 0 Å². The number of carbonyl (C=O) groups excluding carboxylic acids is 1. The van der Waals surface area contributed by atoms with E-state index in [2.05, 4.69) is 30.6 Å². The van der Waals surface area contributed by atoms with Crippen molar-refractivity contribution in [1.29, 1.82) is 0 Å². The number of nitrogens with two attached hydrogens (primary N) is 1. The molecule has 0 bridgehead atoms. The summed E-state index contributed by atoms with van der Waals surface area (Å²) in [4.78, 5) is 11.4. The van der Waals surface area contributed by atoms with E-state index in [-0.39, 0.29) is 11.1 Å². The number of hydrogen-bond donors (Lipinski definition) is 1. The first-order valence-electron chi connectivity index (χ1n) is 6.37. The summed E-state index contributed by atoms with van der Waals surface area (Å²) in [6.45, 7) is 6.46. The maximum absolute atomic E-state index is 11.4. The molecule has 0 radical (unpaired) electrons. The second kappa shape index (κ2) is 5.00. The van der Waals surface area contributed by atoms with Gasteiger partial charge in [0.05, 0.1) is 12.8 Å². The quantitative estimate of drug-likeness (QED) is 0.854. The van der Waals surface area contributed by atoms with Crippen molar-refractivity contribution < 1.29 is 9.53 Å². The van der Waals surface area contributed by atoms with Crippen LogP contribution in [0.25, 0.3) is 5.69 Å². The number of nitrogen functional groups attached to an aromatic ring is 1. The molecule has 5 heteroatoms. The minimum Gasteiger partial charge on any atom is -0.464 e. The van der Waals surface area contributed by atoms with Crippen LogP contribution in [0.1, 0.15) is 36.8 Å². The maximum Gasteiger partial charge on any atom is 0.358 e. The molecule has 5 nitrogen and oxygen atoms in total. The summed E-state index contributed by atoms with van der Waals surface area (Å²) >= 11 is 0. The number of carbonyl (C=O) groups is 1. The average Bonchev–Trinajstić information content (AvgIpc) is 2.79. The van der Waals surface area contributed by atoms with E-state index in [1.165, 1.54) is 23.4 Å². The summed E-state index contributed by atoms with van der Waals surface area (Å²) in [7, 11) is 1.32. The monoisotopic (exact) mass is 273 g/mol. The summed E-state index contributed by atoms with van der Waals surface area (Å²) in [5.74, 6) is -0.101. The first-order valence-corrected chi connectivity index (χ1v) is 6.37. The molecule has 0 spiro atoms. The van der Waals surface area contributed by atoms with Crippen LogP contribution in [0.5, 0.6) is 0 Å². The Morgan fingerprint density at radius 2 is 1.85 bits per heavy atom. The molecule has 0 atom stereocenters. The summed E-state index contributed by atoms with van der Waals surface area (Å²) < 4.78 is 6.16. The van der Waals surface area contributed by atoms with Gasteiger partial charge in [0.25, 0.3) is 0 Å². The molecular weight excluding hydrogens is 254 g/mol. The topological polar surface area (TPSA) is 70.1 Å². The van der Waals surface area contributed by atoms with Gasteiger partial charge in [-0.15, -0.1) is 0 Å². The standard InChI is InChI=1S/C15H19N3O2/c1-15(2,3)10-5-7-11(8-6-10)18-13(16)9-12(17-18)14(19)20-4/h5-9H,16H2,1-4H3. The highest BCUT2D eigenvalue weighted by molar-refractivity contribution is 5.88. The highest BCUT2D eigenvalue weighted by Crippen LogP contribution is 2.24. The molecule has 0 fully saturated rings. The van der Waals surface area contributed by atoms with E-state index in [0.717, 1.165) is 5.69 Å². The number of esters is 1. The normalized spacial score (nSPS) is 11.4. The van der Waals surface area contributed by atoms with Crippen LogP contribution in [0.3, 0.4) is 0 Å². The number of benzene rings is 1. The first kappa shape index (κ1) is 14.1. The molecule has 0 aliphatic carbocycles. The van der Waals surface area contributed by atoms with Gasteiger partial charge in [0, 0.05) is 6.07 Å². The summed E-state index contributed by atoms with van der Waals surface area (Å²) in [6.07, 6.45) is 0. The van der Waals surface area contributed by atoms with E-state index in [0.29, 0.717) is 5.82 Å². The highest BCUT2D eigenvalue weighted by Gasteiger charge is 2.16. The van der Waals surface area contributed by atoms with Crippen molar-refractivity contribution in [2.24, 2.45) is 0 Å². The fourth-order valence-corrected chi connectivity index (χ4v) is 1.91. The van der Waals surface area contributed by atoms with E-state index >= 15 is 0 Å². The SMILES string of the molecule is COC(=O)c1cc(N)n(-c2ccc(C(C)(C)C)cc2)n1. The molecule has 1 aromatic heterocycles. The van der Waals surface area contributed by atoms with Gasteiger partial charge in [-0.2, -0.15) is 5.10 Å². The number of nitrogens with zero attached hydrogens (tertiary/aromatic N) is 2. The zero-order valence-electron chi connectivity index (χ0n) is 12.2. The molecular formula is C15H19N3O2. The third kappa shape index (κ3) is 2.66. The van der Waals surface area contributed by atoms with Crippen LogP contribution in [-0.4, -0.2) is 22.9 Å². The Morgan fingerprint density at radius 3 is 2.35 bits per heavy atom. The molecule has 2 rings (SSSR count). The van der Waals surface area contributed by atoms with Gasteiger partial charge >= 0.3 is 5.97 Å². The zero-order chi connectivity index (χ0) is 14.9. The Labute approximate surface area is 118 Å². The Kier molecular flexibility index (Phi) is 3.53. The van der Waals surface area contributed by atoms with Gasteiger partial charge in [-0.1, -0.05) is 32.9 Å². The molecule has 2 aromatic rings. The van der Waals surface area contributed by atoms with E-state index in [4.69, 9.17) is 5.73 Å². The Balaban J connectivity index is 2.37. The number of methoxy groups -OCH3 is 1. The molecule has 0 saturated heterocycles. The van der Waals surface area contributed by atoms with Crippen LogP contribution in [0.15, 0.2) is 30.3 Å². The van der Waals surface area contributed by atoms with Crippen molar-refractivity contribution in [3.63, 3.8) is 0 Å². The van der Waals surface area contributed by atoms with Gasteiger partial charge in [0.1, 0.15) is 5.82 Å². The zero-order valence-corrected chi connectivity index (χ0v) is 12.2. The third-order valence-corrected chi connectivity index (χ3v) is 3.11. The molecule has 20 heavy (non-hydrogen) atoms. The Bertz CT molecular complexity index is 622. The predicted octanol–water partition coefficient (Wildman–Crippen LogP) is 2.54. The van der Waals surface area contributed by atoms with Crippen molar-refractivity contribution in [2.45, 2.75) is 26.2 Å². The second-order valence-corrected chi connectivity index (χ2v) is 5.65. The lowest BCUT2D eigenvalue weighted by molar-refractivity contribution is 0.0593. The maximum atomic E-state index is 11.4. The van der Waals surface area contributed by atoms with Crippen molar-refractivity contribution in [3.8, 4) is 5.69 Å². The summed E-state index contributed by atoms with van der Waals surface area (Å²) in [5, 5.41) is 4.16. The van der Waals surface area contributed by atoms with E-state index < -0.39 is 5.97 Å². The third-order valence-electron chi connectivity index (χ3n) is 3.11. The minimum atomic E-state index is -0.498. The molecule has 106 valence electrons. The van der Waals surface area contributed by atoms with Crippen molar-refractivity contribution >= 4 is 11.8 Å². The van der Waals surface area contributed by atoms with Gasteiger partial charge in [-0.25, -0.2) is 9.48 Å². The lowest BCUT2D eigenvalue weighted by atomic mass is 9.87. The molecule has 0 aliphatic heterocycles. The Morgan fingerprint density at radius 1 is 1.25 bits per heavy atom. The first-order chi connectivity index (χ1) is 9.32.